The van der Waals surface area contributed by atoms with Crippen LogP contribution in [0.3, 0.4) is 0 Å². The topological polar surface area (TPSA) is 72.2 Å². The van der Waals surface area contributed by atoms with Crippen molar-refractivity contribution < 1.29 is 22.3 Å². The molecule has 1 aromatic rings. The van der Waals surface area contributed by atoms with E-state index in [1.807, 2.05) is 0 Å². The van der Waals surface area contributed by atoms with Gasteiger partial charge in [0.15, 0.2) is 0 Å². The number of anilines is 1. The number of nitro benzene ring substituents is 1. The fraction of sp³-hybridized carbons (Fsp3) is 0.400. The number of rotatable bonds is 5. The quantitative estimate of drug-likeness (QED) is 0.669. The third-order valence-corrected chi connectivity index (χ3v) is 3.01. The summed E-state index contributed by atoms with van der Waals surface area (Å²) in [7, 11) is -1.09. The molecule has 106 valence electrons. The monoisotopic (exact) mass is 296 g/mol. The van der Waals surface area contributed by atoms with E-state index in [0.29, 0.717) is 6.07 Å². The summed E-state index contributed by atoms with van der Waals surface area (Å²) < 4.78 is 48.1. The van der Waals surface area contributed by atoms with Gasteiger partial charge in [-0.1, -0.05) is 0 Å². The average molecular weight is 296 g/mol. The Balaban J connectivity index is 2.99. The lowest BCUT2D eigenvalue weighted by atomic mass is 10.1. The van der Waals surface area contributed by atoms with E-state index in [1.165, 1.54) is 6.26 Å². The molecule has 0 aliphatic heterocycles. The molecule has 5 nitrogen and oxygen atoms in total. The fourth-order valence-electron chi connectivity index (χ4n) is 1.34. The van der Waals surface area contributed by atoms with Crippen LogP contribution >= 0.6 is 0 Å². The smallest absolute Gasteiger partial charge is 0.379 e. The number of nitro groups is 1. The van der Waals surface area contributed by atoms with Crippen molar-refractivity contribution in [1.29, 1.82) is 0 Å². The molecule has 0 spiro atoms. The van der Waals surface area contributed by atoms with Crippen LogP contribution in [0.5, 0.6) is 0 Å². The minimum Gasteiger partial charge on any atom is -0.379 e. The number of alkyl halides is 3. The number of halogens is 3. The largest absolute Gasteiger partial charge is 0.416 e. The van der Waals surface area contributed by atoms with Crippen LogP contribution in [0.1, 0.15) is 5.56 Å². The van der Waals surface area contributed by atoms with E-state index >= 15 is 0 Å². The van der Waals surface area contributed by atoms with E-state index in [9.17, 15) is 27.5 Å². The van der Waals surface area contributed by atoms with Gasteiger partial charge >= 0.3 is 6.18 Å². The van der Waals surface area contributed by atoms with Gasteiger partial charge in [-0.25, -0.2) is 0 Å². The van der Waals surface area contributed by atoms with E-state index in [1.54, 1.807) is 0 Å². The molecule has 1 rings (SSSR count). The number of nitrogens with zero attached hydrogens (tertiary/aromatic N) is 1. The number of benzene rings is 1. The van der Waals surface area contributed by atoms with Crippen molar-refractivity contribution in [1.82, 2.24) is 0 Å². The molecule has 1 N–H and O–H groups in total. The summed E-state index contributed by atoms with van der Waals surface area (Å²) in [6.07, 6.45) is -3.17. The highest BCUT2D eigenvalue weighted by molar-refractivity contribution is 7.84. The van der Waals surface area contributed by atoms with Gasteiger partial charge in [-0.2, -0.15) is 13.2 Å². The van der Waals surface area contributed by atoms with Crippen LogP contribution in [0, 0.1) is 10.1 Å². The first-order valence-corrected chi connectivity index (χ1v) is 6.84. The lowest BCUT2D eigenvalue weighted by Crippen LogP contribution is -2.12. The molecule has 0 aromatic heterocycles. The van der Waals surface area contributed by atoms with Crippen LogP contribution in [-0.4, -0.2) is 27.7 Å². The lowest BCUT2D eigenvalue weighted by Gasteiger charge is -2.10. The predicted molar refractivity (Wildman–Crippen MR) is 65.5 cm³/mol. The summed E-state index contributed by atoms with van der Waals surface area (Å²) in [5.74, 6) is 0.248. The van der Waals surface area contributed by atoms with Gasteiger partial charge in [0.05, 0.1) is 10.5 Å². The van der Waals surface area contributed by atoms with E-state index in [-0.39, 0.29) is 18.0 Å². The SMILES string of the molecule is CS(=O)CCNc1ccc(C(F)(F)F)cc1[N+](=O)[O-]. The highest BCUT2D eigenvalue weighted by Crippen LogP contribution is 2.34. The second-order valence-electron chi connectivity index (χ2n) is 3.69. The molecular formula is C10H11F3N2O3S. The van der Waals surface area contributed by atoms with Crippen LogP contribution in [0.15, 0.2) is 18.2 Å². The molecule has 0 fully saturated rings. The normalized spacial score (nSPS) is 13.1. The fourth-order valence-corrected chi connectivity index (χ4v) is 1.73. The minimum atomic E-state index is -4.63. The Labute approximate surface area is 109 Å². The Morgan fingerprint density at radius 1 is 1.42 bits per heavy atom. The third-order valence-electron chi connectivity index (χ3n) is 2.23. The lowest BCUT2D eigenvalue weighted by molar-refractivity contribution is -0.384. The van der Waals surface area contributed by atoms with Crippen LogP contribution in [0.2, 0.25) is 0 Å². The third kappa shape index (κ3) is 4.51. The number of nitrogens with one attached hydrogen (secondary N) is 1. The number of hydrogen-bond donors (Lipinski definition) is 1. The van der Waals surface area contributed by atoms with Gasteiger partial charge in [-0.15, -0.1) is 0 Å². The maximum absolute atomic E-state index is 12.4. The van der Waals surface area contributed by atoms with E-state index in [0.717, 1.165) is 12.1 Å². The van der Waals surface area contributed by atoms with Crippen molar-refractivity contribution >= 4 is 22.2 Å². The second-order valence-corrected chi connectivity index (χ2v) is 5.25. The molecular weight excluding hydrogens is 285 g/mol. The van der Waals surface area contributed by atoms with Crippen LogP contribution in [0.4, 0.5) is 24.5 Å². The summed E-state index contributed by atoms with van der Waals surface area (Å²) in [5, 5.41) is 13.3. The van der Waals surface area contributed by atoms with Gasteiger partial charge in [0.2, 0.25) is 0 Å². The molecule has 0 aliphatic rings. The molecule has 1 unspecified atom stereocenters. The van der Waals surface area contributed by atoms with Crippen LogP contribution in [0.25, 0.3) is 0 Å². The van der Waals surface area contributed by atoms with Gasteiger partial charge in [0.1, 0.15) is 5.69 Å². The van der Waals surface area contributed by atoms with Crippen molar-refractivity contribution in [3.05, 3.63) is 33.9 Å². The summed E-state index contributed by atoms with van der Waals surface area (Å²) in [5.41, 5.74) is -1.76. The molecule has 0 bridgehead atoms. The summed E-state index contributed by atoms with van der Waals surface area (Å²) in [4.78, 5) is 9.85. The zero-order valence-electron chi connectivity index (χ0n) is 9.86. The highest BCUT2D eigenvalue weighted by atomic mass is 32.2. The first-order valence-electron chi connectivity index (χ1n) is 5.11. The Morgan fingerprint density at radius 3 is 2.53 bits per heavy atom. The summed E-state index contributed by atoms with van der Waals surface area (Å²) in [6, 6.07) is 2.24. The molecule has 9 heteroatoms. The first-order chi connectivity index (χ1) is 8.71. The number of hydrogen-bond acceptors (Lipinski definition) is 4. The summed E-state index contributed by atoms with van der Waals surface area (Å²) in [6.45, 7) is 0.176. The van der Waals surface area contributed by atoms with Gasteiger partial charge in [0.25, 0.3) is 5.69 Å². The Morgan fingerprint density at radius 2 is 2.05 bits per heavy atom. The first kappa shape index (κ1) is 15.4. The zero-order valence-corrected chi connectivity index (χ0v) is 10.7. The standard InChI is InChI=1S/C10H11F3N2O3S/c1-19(18)5-4-14-8-3-2-7(10(11,12)13)6-9(8)15(16)17/h2-3,6,14H,4-5H2,1H3. The van der Waals surface area contributed by atoms with Crippen LogP contribution in [-0.2, 0) is 17.0 Å². The molecule has 1 atom stereocenters. The van der Waals surface area contributed by atoms with Crippen molar-refractivity contribution in [2.45, 2.75) is 6.18 Å². The molecule has 0 aliphatic carbocycles. The van der Waals surface area contributed by atoms with Crippen molar-refractivity contribution in [2.24, 2.45) is 0 Å². The van der Waals surface area contributed by atoms with Gasteiger partial charge < -0.3 is 5.32 Å². The Hall–Kier alpha value is -1.64. The zero-order chi connectivity index (χ0) is 14.6. The molecule has 0 heterocycles. The van der Waals surface area contributed by atoms with Crippen molar-refractivity contribution in [3.63, 3.8) is 0 Å². The molecule has 0 saturated heterocycles. The molecule has 19 heavy (non-hydrogen) atoms. The van der Waals surface area contributed by atoms with Crippen LogP contribution < -0.4 is 5.32 Å². The minimum absolute atomic E-state index is 0.0246. The van der Waals surface area contributed by atoms with E-state index < -0.39 is 33.2 Å². The highest BCUT2D eigenvalue weighted by Gasteiger charge is 2.32. The molecule has 0 radical (unpaired) electrons. The molecule has 1 aromatic carbocycles. The summed E-state index contributed by atoms with van der Waals surface area (Å²) >= 11 is 0. The van der Waals surface area contributed by atoms with Gasteiger partial charge in [-0.05, 0) is 12.1 Å². The Kier molecular flexibility index (Phi) is 4.87. The maximum Gasteiger partial charge on any atom is 0.416 e. The van der Waals surface area contributed by atoms with E-state index in [2.05, 4.69) is 5.32 Å². The predicted octanol–water partition coefficient (Wildman–Crippen LogP) is 2.40. The van der Waals surface area contributed by atoms with E-state index in [4.69, 9.17) is 0 Å². The maximum atomic E-state index is 12.4. The van der Waals surface area contributed by atoms with Gasteiger partial charge in [-0.3, -0.25) is 14.3 Å². The van der Waals surface area contributed by atoms with Gasteiger partial charge in [0, 0.05) is 35.4 Å². The average Bonchev–Trinajstić information content (AvgIpc) is 2.27. The second kappa shape index (κ2) is 6.00. The Bertz CT molecular complexity index is 505. The van der Waals surface area contributed by atoms with Crippen molar-refractivity contribution in [3.8, 4) is 0 Å². The van der Waals surface area contributed by atoms with Crippen molar-refractivity contribution in [2.75, 3.05) is 23.9 Å². The molecule has 0 saturated carbocycles. The molecule has 0 amide bonds.